The van der Waals surface area contributed by atoms with Crippen molar-refractivity contribution in [1.82, 2.24) is 9.88 Å². The van der Waals surface area contributed by atoms with Crippen molar-refractivity contribution >= 4 is 23.2 Å². The first kappa shape index (κ1) is 13.9. The maximum atomic E-state index is 12.7. The second-order valence-corrected chi connectivity index (χ2v) is 5.56. The van der Waals surface area contributed by atoms with Crippen molar-refractivity contribution in [3.63, 3.8) is 0 Å². The summed E-state index contributed by atoms with van der Waals surface area (Å²) >= 11 is 6.04. The standard InChI is InChI=1S/C16H16ClN3O/c17-15-14(8-13(18)9-19-15)16(21)20-7-3-6-11-4-1-2-5-12(11)10-20/h1-2,4-5,8-9H,3,6-7,10,18H2. The van der Waals surface area contributed by atoms with Crippen LogP contribution < -0.4 is 5.73 Å². The average Bonchev–Trinajstić information content (AvgIpc) is 2.71. The molecule has 1 aromatic heterocycles. The van der Waals surface area contributed by atoms with E-state index in [4.69, 9.17) is 17.3 Å². The van der Waals surface area contributed by atoms with Gasteiger partial charge in [-0.25, -0.2) is 4.98 Å². The maximum absolute atomic E-state index is 12.7. The van der Waals surface area contributed by atoms with Gasteiger partial charge in [0.1, 0.15) is 5.15 Å². The van der Waals surface area contributed by atoms with Gasteiger partial charge in [-0.05, 0) is 30.0 Å². The minimum absolute atomic E-state index is 0.114. The fourth-order valence-electron chi connectivity index (χ4n) is 2.66. The van der Waals surface area contributed by atoms with Gasteiger partial charge in [-0.1, -0.05) is 35.9 Å². The number of carbonyl (C=O) groups is 1. The van der Waals surface area contributed by atoms with Gasteiger partial charge in [0.05, 0.1) is 17.4 Å². The number of halogens is 1. The summed E-state index contributed by atoms with van der Waals surface area (Å²) < 4.78 is 0. The highest BCUT2D eigenvalue weighted by Crippen LogP contribution is 2.23. The Balaban J connectivity index is 1.90. The SMILES string of the molecule is Nc1cnc(Cl)c(C(=O)N2CCCc3ccccc3C2)c1. The van der Waals surface area contributed by atoms with Crippen LogP contribution in [0, 0.1) is 0 Å². The quantitative estimate of drug-likeness (QED) is 0.824. The number of amides is 1. The van der Waals surface area contributed by atoms with Crippen molar-refractivity contribution in [3.8, 4) is 0 Å². The number of carbonyl (C=O) groups excluding carboxylic acids is 1. The predicted molar refractivity (Wildman–Crippen MR) is 83.2 cm³/mol. The van der Waals surface area contributed by atoms with Crippen molar-refractivity contribution in [2.24, 2.45) is 0 Å². The molecule has 0 saturated carbocycles. The third-order valence-electron chi connectivity index (χ3n) is 3.73. The molecule has 0 bridgehead atoms. The van der Waals surface area contributed by atoms with Crippen LogP contribution in [-0.2, 0) is 13.0 Å². The van der Waals surface area contributed by atoms with Gasteiger partial charge in [0.15, 0.2) is 0 Å². The van der Waals surface area contributed by atoms with Crippen molar-refractivity contribution in [1.29, 1.82) is 0 Å². The van der Waals surface area contributed by atoms with Crippen molar-refractivity contribution in [3.05, 3.63) is 58.4 Å². The lowest BCUT2D eigenvalue weighted by Crippen LogP contribution is -2.31. The molecule has 0 fully saturated rings. The number of fused-ring (bicyclic) bond motifs is 1. The number of aromatic nitrogens is 1. The number of pyridine rings is 1. The Bertz CT molecular complexity index is 687. The van der Waals surface area contributed by atoms with E-state index in [1.54, 1.807) is 6.07 Å². The van der Waals surface area contributed by atoms with Gasteiger partial charge in [0.25, 0.3) is 5.91 Å². The van der Waals surface area contributed by atoms with Gasteiger partial charge in [0.2, 0.25) is 0 Å². The molecule has 0 atom stereocenters. The Kier molecular flexibility index (Phi) is 3.80. The molecule has 21 heavy (non-hydrogen) atoms. The van der Waals surface area contributed by atoms with Crippen molar-refractivity contribution < 1.29 is 4.79 Å². The third-order valence-corrected chi connectivity index (χ3v) is 4.03. The fourth-order valence-corrected chi connectivity index (χ4v) is 2.84. The lowest BCUT2D eigenvalue weighted by atomic mass is 10.0. The molecule has 5 heteroatoms. The molecule has 0 radical (unpaired) electrons. The molecule has 108 valence electrons. The number of nitrogens with two attached hydrogens (primary N) is 1. The maximum Gasteiger partial charge on any atom is 0.257 e. The van der Waals surface area contributed by atoms with Gasteiger partial charge in [-0.2, -0.15) is 0 Å². The molecule has 1 aromatic carbocycles. The van der Waals surface area contributed by atoms with E-state index < -0.39 is 0 Å². The second-order valence-electron chi connectivity index (χ2n) is 5.21. The van der Waals surface area contributed by atoms with Gasteiger partial charge >= 0.3 is 0 Å². The zero-order valence-electron chi connectivity index (χ0n) is 11.6. The van der Waals surface area contributed by atoms with Crippen LogP contribution in [0.1, 0.15) is 27.9 Å². The first-order chi connectivity index (χ1) is 10.1. The highest BCUT2D eigenvalue weighted by molar-refractivity contribution is 6.32. The molecule has 0 aliphatic carbocycles. The number of benzene rings is 1. The zero-order valence-corrected chi connectivity index (χ0v) is 12.3. The highest BCUT2D eigenvalue weighted by atomic mass is 35.5. The molecule has 0 saturated heterocycles. The smallest absolute Gasteiger partial charge is 0.257 e. The second kappa shape index (κ2) is 5.74. The van der Waals surface area contributed by atoms with Crippen LogP contribution in [-0.4, -0.2) is 22.3 Å². The fraction of sp³-hybridized carbons (Fsp3) is 0.250. The van der Waals surface area contributed by atoms with Crippen molar-refractivity contribution in [2.75, 3.05) is 12.3 Å². The van der Waals surface area contributed by atoms with Crippen LogP contribution in [0.2, 0.25) is 5.15 Å². The van der Waals surface area contributed by atoms with E-state index in [0.29, 0.717) is 24.3 Å². The monoisotopic (exact) mass is 301 g/mol. The lowest BCUT2D eigenvalue weighted by molar-refractivity contribution is 0.0745. The molecule has 2 aromatic rings. The van der Waals surface area contributed by atoms with Crippen LogP contribution in [0.5, 0.6) is 0 Å². The number of nitrogens with zero attached hydrogens (tertiary/aromatic N) is 2. The van der Waals surface area contributed by atoms with E-state index in [2.05, 4.69) is 17.1 Å². The molecule has 1 aliphatic rings. The molecule has 1 amide bonds. The van der Waals surface area contributed by atoms with Gasteiger partial charge in [0, 0.05) is 13.1 Å². The minimum atomic E-state index is -0.114. The molecule has 0 spiro atoms. The van der Waals surface area contributed by atoms with Crippen LogP contribution in [0.15, 0.2) is 36.5 Å². The first-order valence-electron chi connectivity index (χ1n) is 6.92. The van der Waals surface area contributed by atoms with E-state index in [1.165, 1.54) is 17.3 Å². The number of hydrogen-bond donors (Lipinski definition) is 1. The van der Waals surface area contributed by atoms with Crippen LogP contribution in [0.25, 0.3) is 0 Å². The Morgan fingerprint density at radius 2 is 2.05 bits per heavy atom. The molecule has 1 aliphatic heterocycles. The van der Waals surface area contributed by atoms with E-state index in [-0.39, 0.29) is 11.1 Å². The average molecular weight is 302 g/mol. The summed E-state index contributed by atoms with van der Waals surface area (Å²) in [5.74, 6) is -0.114. The van der Waals surface area contributed by atoms with Crippen molar-refractivity contribution in [2.45, 2.75) is 19.4 Å². The summed E-state index contributed by atoms with van der Waals surface area (Å²) in [6.45, 7) is 1.30. The van der Waals surface area contributed by atoms with E-state index >= 15 is 0 Å². The molecule has 2 N–H and O–H groups in total. The predicted octanol–water partition coefficient (Wildman–Crippen LogP) is 2.91. The van der Waals surface area contributed by atoms with Crippen LogP contribution in [0.3, 0.4) is 0 Å². The lowest BCUT2D eigenvalue weighted by Gasteiger charge is -2.21. The first-order valence-corrected chi connectivity index (χ1v) is 7.30. The summed E-state index contributed by atoms with van der Waals surface area (Å²) in [4.78, 5) is 18.5. The van der Waals surface area contributed by atoms with Gasteiger partial charge in [-0.15, -0.1) is 0 Å². The Hall–Kier alpha value is -2.07. The number of aryl methyl sites for hydroxylation is 1. The zero-order chi connectivity index (χ0) is 14.8. The van der Waals surface area contributed by atoms with E-state index in [1.807, 2.05) is 17.0 Å². The normalized spacial score (nSPS) is 14.4. The summed E-state index contributed by atoms with van der Waals surface area (Å²) in [5.41, 5.74) is 9.03. The molecular formula is C16H16ClN3O. The van der Waals surface area contributed by atoms with Gasteiger partial charge in [-0.3, -0.25) is 4.79 Å². The number of nitrogen functional groups attached to an aromatic ring is 1. The summed E-state index contributed by atoms with van der Waals surface area (Å²) in [5, 5.41) is 0.201. The summed E-state index contributed by atoms with van der Waals surface area (Å²) in [6, 6.07) is 9.82. The highest BCUT2D eigenvalue weighted by Gasteiger charge is 2.22. The van der Waals surface area contributed by atoms with Gasteiger partial charge < -0.3 is 10.6 Å². The Morgan fingerprint density at radius 1 is 1.29 bits per heavy atom. The van der Waals surface area contributed by atoms with Crippen LogP contribution in [0.4, 0.5) is 5.69 Å². The van der Waals surface area contributed by atoms with E-state index in [0.717, 1.165) is 12.8 Å². The largest absolute Gasteiger partial charge is 0.397 e. The number of hydrogen-bond acceptors (Lipinski definition) is 3. The van der Waals surface area contributed by atoms with Crippen LogP contribution >= 0.6 is 11.6 Å². The molecular weight excluding hydrogens is 286 g/mol. The molecule has 0 unspecified atom stereocenters. The minimum Gasteiger partial charge on any atom is -0.397 e. The molecule has 3 rings (SSSR count). The number of rotatable bonds is 1. The molecule has 4 nitrogen and oxygen atoms in total. The summed E-state index contributed by atoms with van der Waals surface area (Å²) in [6.07, 6.45) is 3.38. The number of anilines is 1. The Labute approximate surface area is 128 Å². The summed E-state index contributed by atoms with van der Waals surface area (Å²) in [7, 11) is 0. The van der Waals surface area contributed by atoms with E-state index in [9.17, 15) is 4.79 Å². The molecule has 2 heterocycles. The topological polar surface area (TPSA) is 59.2 Å². The Morgan fingerprint density at radius 3 is 2.86 bits per heavy atom. The third kappa shape index (κ3) is 2.85.